The zero-order valence-electron chi connectivity index (χ0n) is 19.0. The van der Waals surface area contributed by atoms with Gasteiger partial charge in [0.1, 0.15) is 10.6 Å². The summed E-state index contributed by atoms with van der Waals surface area (Å²) in [4.78, 5) is 19.1. The quantitative estimate of drug-likeness (QED) is 0.423. The fourth-order valence-electron chi connectivity index (χ4n) is 4.59. The molecule has 0 spiro atoms. The summed E-state index contributed by atoms with van der Waals surface area (Å²) in [5, 5.41) is 10.9. The molecule has 5 rings (SSSR count). The van der Waals surface area contributed by atoms with Gasteiger partial charge in [-0.1, -0.05) is 36.4 Å². The Labute approximate surface area is 204 Å². The van der Waals surface area contributed by atoms with Gasteiger partial charge in [-0.25, -0.2) is 8.42 Å². The summed E-state index contributed by atoms with van der Waals surface area (Å²) in [5.74, 6) is 0.434. The Hall–Kier alpha value is -3.91. The third-order valence-corrected chi connectivity index (χ3v) is 7.84. The molecule has 0 saturated carbocycles. The van der Waals surface area contributed by atoms with Gasteiger partial charge >= 0.3 is 0 Å². The van der Waals surface area contributed by atoms with Crippen molar-refractivity contribution in [1.29, 1.82) is 0 Å². The van der Waals surface area contributed by atoms with E-state index < -0.39 is 10.0 Å². The Bertz CT molecular complexity index is 1470. The highest BCUT2D eigenvalue weighted by atomic mass is 32.2. The number of benzene rings is 3. The number of carbonyl (C=O) groups is 1. The standard InChI is InChI=1S/C27H25N3O4S/c31-24-8-2-1-7-23(24)19-14-17-30(18-15-19)27(32)21-10-12-22(13-11-21)29-35(33,34)25-9-3-5-20-6-4-16-28-26(20)25/h1-13,16,19,29,31H,14-15,17-18H2. The number of fused-ring (bicyclic) bond motifs is 1. The fraction of sp³-hybridized carbons (Fsp3) is 0.185. The number of amides is 1. The lowest BCUT2D eigenvalue weighted by Crippen LogP contribution is -2.37. The van der Waals surface area contributed by atoms with E-state index >= 15 is 0 Å². The molecule has 1 aliphatic heterocycles. The zero-order chi connectivity index (χ0) is 24.4. The number of pyridine rings is 1. The lowest BCUT2D eigenvalue weighted by Gasteiger charge is -2.32. The van der Waals surface area contributed by atoms with E-state index in [4.69, 9.17) is 0 Å². The van der Waals surface area contributed by atoms with Gasteiger partial charge in [0, 0.05) is 35.9 Å². The van der Waals surface area contributed by atoms with Crippen molar-refractivity contribution in [3.05, 3.63) is 96.2 Å². The largest absolute Gasteiger partial charge is 0.508 e. The van der Waals surface area contributed by atoms with E-state index in [0.29, 0.717) is 35.6 Å². The second-order valence-electron chi connectivity index (χ2n) is 8.64. The van der Waals surface area contributed by atoms with Crippen LogP contribution in [0.2, 0.25) is 0 Å². The van der Waals surface area contributed by atoms with Gasteiger partial charge in [0.25, 0.3) is 15.9 Å². The Morgan fingerprint density at radius 3 is 2.37 bits per heavy atom. The molecule has 8 heteroatoms. The smallest absolute Gasteiger partial charge is 0.264 e. The van der Waals surface area contributed by atoms with Crippen molar-refractivity contribution in [3.8, 4) is 5.75 Å². The van der Waals surface area contributed by atoms with Crippen LogP contribution in [0.5, 0.6) is 5.75 Å². The summed E-state index contributed by atoms with van der Waals surface area (Å²) in [7, 11) is -3.86. The van der Waals surface area contributed by atoms with Crippen LogP contribution in [0.3, 0.4) is 0 Å². The maximum Gasteiger partial charge on any atom is 0.264 e. The molecule has 4 aromatic rings. The second-order valence-corrected chi connectivity index (χ2v) is 10.3. The summed E-state index contributed by atoms with van der Waals surface area (Å²) >= 11 is 0. The van der Waals surface area contributed by atoms with Crippen LogP contribution in [0.4, 0.5) is 5.69 Å². The number of para-hydroxylation sites is 2. The molecule has 3 aromatic carbocycles. The zero-order valence-corrected chi connectivity index (χ0v) is 19.8. The number of nitrogens with one attached hydrogen (secondary N) is 1. The Morgan fingerprint density at radius 1 is 0.914 bits per heavy atom. The number of phenolic OH excluding ortho intramolecular Hbond substituents is 1. The first-order valence-corrected chi connectivity index (χ1v) is 12.9. The molecule has 0 atom stereocenters. The maximum absolute atomic E-state index is 13.0. The Kier molecular flexibility index (Phi) is 6.13. The molecule has 35 heavy (non-hydrogen) atoms. The molecule has 0 aliphatic carbocycles. The van der Waals surface area contributed by atoms with Crippen molar-refractivity contribution in [2.24, 2.45) is 0 Å². The molecule has 0 unspecified atom stereocenters. The van der Waals surface area contributed by atoms with E-state index in [0.717, 1.165) is 23.8 Å². The third kappa shape index (κ3) is 4.70. The van der Waals surface area contributed by atoms with Crippen molar-refractivity contribution in [2.75, 3.05) is 17.8 Å². The highest BCUT2D eigenvalue weighted by molar-refractivity contribution is 7.93. The van der Waals surface area contributed by atoms with Crippen LogP contribution < -0.4 is 4.72 Å². The topological polar surface area (TPSA) is 99.6 Å². The van der Waals surface area contributed by atoms with Crippen molar-refractivity contribution in [3.63, 3.8) is 0 Å². The predicted molar refractivity (Wildman–Crippen MR) is 135 cm³/mol. The number of piperidine rings is 1. The molecule has 0 radical (unpaired) electrons. The molecule has 7 nitrogen and oxygen atoms in total. The number of rotatable bonds is 5. The summed E-state index contributed by atoms with van der Waals surface area (Å²) < 4.78 is 28.6. The molecule has 1 aromatic heterocycles. The normalized spacial score (nSPS) is 14.7. The molecule has 2 N–H and O–H groups in total. The first-order valence-electron chi connectivity index (χ1n) is 11.5. The van der Waals surface area contributed by atoms with E-state index in [-0.39, 0.29) is 16.7 Å². The third-order valence-electron chi connectivity index (χ3n) is 6.43. The van der Waals surface area contributed by atoms with Crippen molar-refractivity contribution < 1.29 is 18.3 Å². The predicted octanol–water partition coefficient (Wildman–Crippen LogP) is 4.76. The van der Waals surface area contributed by atoms with Crippen molar-refractivity contribution in [2.45, 2.75) is 23.7 Å². The number of hydrogen-bond acceptors (Lipinski definition) is 5. The van der Waals surface area contributed by atoms with E-state index in [9.17, 15) is 18.3 Å². The average Bonchev–Trinajstić information content (AvgIpc) is 2.88. The molecule has 178 valence electrons. The molecule has 0 bridgehead atoms. The van der Waals surface area contributed by atoms with Crippen LogP contribution in [0.15, 0.2) is 90.0 Å². The van der Waals surface area contributed by atoms with Gasteiger partial charge in [-0.15, -0.1) is 0 Å². The van der Waals surface area contributed by atoms with Crippen LogP contribution in [0.1, 0.15) is 34.7 Å². The van der Waals surface area contributed by atoms with E-state index in [1.54, 1.807) is 59.6 Å². The summed E-state index contributed by atoms with van der Waals surface area (Å²) in [6.45, 7) is 1.20. The average molecular weight is 488 g/mol. The Balaban J connectivity index is 1.26. The molecule has 2 heterocycles. The highest BCUT2D eigenvalue weighted by Crippen LogP contribution is 2.34. The number of carbonyl (C=O) groups excluding carboxylic acids is 1. The van der Waals surface area contributed by atoms with Crippen LogP contribution in [-0.2, 0) is 10.0 Å². The van der Waals surface area contributed by atoms with Gasteiger partial charge < -0.3 is 10.0 Å². The minimum Gasteiger partial charge on any atom is -0.508 e. The second kappa shape index (κ2) is 9.38. The number of nitrogens with zero attached hydrogens (tertiary/aromatic N) is 2. The summed E-state index contributed by atoms with van der Waals surface area (Å²) in [5.41, 5.74) is 2.20. The summed E-state index contributed by atoms with van der Waals surface area (Å²) in [6.07, 6.45) is 3.12. The number of aromatic hydroxyl groups is 1. The van der Waals surface area contributed by atoms with Crippen molar-refractivity contribution in [1.82, 2.24) is 9.88 Å². The van der Waals surface area contributed by atoms with Gasteiger partial charge in [-0.2, -0.15) is 0 Å². The first-order chi connectivity index (χ1) is 16.9. The molecular weight excluding hydrogens is 462 g/mol. The number of sulfonamides is 1. The van der Waals surface area contributed by atoms with Gasteiger partial charge in [0.15, 0.2) is 0 Å². The van der Waals surface area contributed by atoms with Gasteiger partial charge in [-0.3, -0.25) is 14.5 Å². The van der Waals surface area contributed by atoms with Gasteiger partial charge in [0.05, 0.1) is 5.52 Å². The van der Waals surface area contributed by atoms with Gasteiger partial charge in [0.2, 0.25) is 0 Å². The molecule has 1 fully saturated rings. The molecule has 1 aliphatic rings. The minimum absolute atomic E-state index is 0.0894. The Morgan fingerprint density at radius 2 is 1.63 bits per heavy atom. The number of phenols is 1. The van der Waals surface area contributed by atoms with Crippen LogP contribution in [0, 0.1) is 0 Å². The monoisotopic (exact) mass is 487 g/mol. The van der Waals surface area contributed by atoms with E-state index in [1.807, 2.05) is 24.3 Å². The fourth-order valence-corrected chi connectivity index (χ4v) is 5.83. The van der Waals surface area contributed by atoms with E-state index in [1.165, 1.54) is 6.07 Å². The molecular formula is C27H25N3O4S. The lowest BCUT2D eigenvalue weighted by atomic mass is 9.88. The number of aromatic nitrogens is 1. The molecule has 1 saturated heterocycles. The van der Waals surface area contributed by atoms with Crippen LogP contribution in [0.25, 0.3) is 10.9 Å². The van der Waals surface area contributed by atoms with Crippen LogP contribution in [-0.4, -0.2) is 42.4 Å². The summed E-state index contributed by atoms with van der Waals surface area (Å²) in [6, 6.07) is 22.4. The number of hydrogen-bond donors (Lipinski definition) is 2. The SMILES string of the molecule is O=C(c1ccc(NS(=O)(=O)c2cccc3cccnc23)cc1)N1CCC(c2ccccc2O)CC1. The highest BCUT2D eigenvalue weighted by Gasteiger charge is 2.26. The maximum atomic E-state index is 13.0. The first kappa shape index (κ1) is 22.9. The van der Waals surface area contributed by atoms with Crippen molar-refractivity contribution >= 4 is 32.5 Å². The lowest BCUT2D eigenvalue weighted by molar-refractivity contribution is 0.0712. The molecule has 1 amide bonds. The van der Waals surface area contributed by atoms with Gasteiger partial charge in [-0.05, 0) is 66.8 Å². The minimum atomic E-state index is -3.86. The van der Waals surface area contributed by atoms with Crippen LogP contribution >= 0.6 is 0 Å². The number of likely N-dealkylation sites (tertiary alicyclic amines) is 1. The number of anilines is 1. The van der Waals surface area contributed by atoms with E-state index in [2.05, 4.69) is 9.71 Å².